The van der Waals surface area contributed by atoms with Gasteiger partial charge in [0, 0.05) is 37.9 Å². The van der Waals surface area contributed by atoms with E-state index in [1.807, 2.05) is 12.1 Å². The number of aromatic nitrogens is 2. The fraction of sp³-hybridized carbons (Fsp3) is 0.222. The summed E-state index contributed by atoms with van der Waals surface area (Å²) in [4.78, 5) is 22.6. The van der Waals surface area contributed by atoms with Gasteiger partial charge in [0.25, 0.3) is 5.91 Å². The molecule has 0 spiro atoms. The van der Waals surface area contributed by atoms with Gasteiger partial charge in [-0.25, -0.2) is 9.37 Å². The van der Waals surface area contributed by atoms with Crippen molar-refractivity contribution in [1.29, 1.82) is 0 Å². The summed E-state index contributed by atoms with van der Waals surface area (Å²) in [6.07, 6.45) is -1.08. The van der Waals surface area contributed by atoms with Crippen molar-refractivity contribution in [3.05, 3.63) is 119 Å². The molecule has 0 aliphatic carbocycles. The second kappa shape index (κ2) is 11.8. The van der Waals surface area contributed by atoms with Crippen LogP contribution >= 0.6 is 0 Å². The molecule has 6 nitrogen and oxygen atoms in total. The first kappa shape index (κ1) is 26.0. The van der Waals surface area contributed by atoms with Crippen LogP contribution in [0.25, 0.3) is 0 Å². The lowest BCUT2D eigenvalue weighted by Gasteiger charge is -2.23. The predicted octanol–water partition coefficient (Wildman–Crippen LogP) is 5.40. The van der Waals surface area contributed by atoms with E-state index in [9.17, 15) is 22.4 Å². The molecule has 0 aliphatic rings. The van der Waals surface area contributed by atoms with Gasteiger partial charge in [0.1, 0.15) is 12.1 Å². The van der Waals surface area contributed by atoms with Crippen molar-refractivity contribution in [1.82, 2.24) is 20.2 Å². The number of hydrogen-bond acceptors (Lipinski definition) is 5. The number of carbonyl (C=O) groups is 1. The quantitative estimate of drug-likeness (QED) is 0.288. The zero-order chi connectivity index (χ0) is 26.3. The summed E-state index contributed by atoms with van der Waals surface area (Å²) >= 11 is 0. The lowest BCUT2D eigenvalue weighted by molar-refractivity contribution is -0.138. The van der Waals surface area contributed by atoms with Gasteiger partial charge in [0.05, 0.1) is 12.1 Å². The summed E-state index contributed by atoms with van der Waals surface area (Å²) in [6.45, 7) is 0.523. The van der Waals surface area contributed by atoms with Gasteiger partial charge < -0.3 is 9.73 Å². The molecule has 2 aromatic carbocycles. The van der Waals surface area contributed by atoms with Crippen molar-refractivity contribution in [2.75, 3.05) is 6.54 Å². The highest BCUT2D eigenvalue weighted by atomic mass is 19.4. The Bertz CT molecular complexity index is 1310. The maximum atomic E-state index is 13.6. The lowest BCUT2D eigenvalue weighted by atomic mass is 10.1. The van der Waals surface area contributed by atoms with Crippen LogP contribution in [0.15, 0.2) is 83.6 Å². The van der Waals surface area contributed by atoms with Crippen molar-refractivity contribution < 1.29 is 26.8 Å². The largest absolute Gasteiger partial charge is 0.447 e. The zero-order valence-electron chi connectivity index (χ0n) is 19.7. The molecule has 4 rings (SSSR count). The monoisotopic (exact) mass is 512 g/mol. The van der Waals surface area contributed by atoms with Crippen molar-refractivity contribution in [2.24, 2.45) is 0 Å². The topological polar surface area (TPSA) is 71.3 Å². The molecule has 1 N–H and O–H groups in total. The Labute approximate surface area is 211 Å². The minimum atomic E-state index is -4.51. The van der Waals surface area contributed by atoms with Crippen LogP contribution in [0.2, 0.25) is 0 Å². The summed E-state index contributed by atoms with van der Waals surface area (Å²) in [6, 6.07) is 16.5. The number of carbonyl (C=O) groups excluding carboxylic acids is 1. The van der Waals surface area contributed by atoms with E-state index in [-0.39, 0.29) is 36.8 Å². The average Bonchev–Trinajstić information content (AvgIpc) is 3.34. The summed E-state index contributed by atoms with van der Waals surface area (Å²) in [7, 11) is 0. The number of nitrogens with zero attached hydrogens (tertiary/aromatic N) is 3. The molecule has 192 valence electrons. The van der Waals surface area contributed by atoms with Gasteiger partial charge in [-0.3, -0.25) is 14.7 Å². The number of rotatable bonds is 10. The van der Waals surface area contributed by atoms with E-state index in [0.29, 0.717) is 18.5 Å². The number of hydrogen-bond donors (Lipinski definition) is 1. The van der Waals surface area contributed by atoms with Gasteiger partial charge in [-0.2, -0.15) is 13.2 Å². The minimum Gasteiger partial charge on any atom is -0.447 e. The van der Waals surface area contributed by atoms with Crippen LogP contribution in [0, 0.1) is 5.82 Å². The number of oxazole rings is 1. The highest BCUT2D eigenvalue weighted by Crippen LogP contribution is 2.32. The second-order valence-corrected chi connectivity index (χ2v) is 8.38. The van der Waals surface area contributed by atoms with Crippen LogP contribution in [0.3, 0.4) is 0 Å². The van der Waals surface area contributed by atoms with Crippen LogP contribution in [0.4, 0.5) is 17.6 Å². The standard InChI is InChI=1S/C27H24F4N4O2/c28-21-10-8-19(9-11-21)15-35(16-20-5-1-2-7-23(20)27(29,30)31)17-25-34-24(18-37-25)26(36)33-14-12-22-6-3-4-13-32-22/h1-11,13,18H,12,14-17H2,(H,33,36). The maximum absolute atomic E-state index is 13.6. The van der Waals surface area contributed by atoms with Gasteiger partial charge in [-0.1, -0.05) is 36.4 Å². The molecule has 4 aromatic rings. The SMILES string of the molecule is O=C(NCCc1ccccn1)c1coc(CN(Cc2ccc(F)cc2)Cc2ccccc2C(F)(F)F)n1. The first-order valence-corrected chi connectivity index (χ1v) is 11.5. The van der Waals surface area contributed by atoms with E-state index in [1.165, 1.54) is 30.5 Å². The van der Waals surface area contributed by atoms with E-state index in [1.54, 1.807) is 35.4 Å². The lowest BCUT2D eigenvalue weighted by Crippen LogP contribution is -2.26. The molecule has 0 fully saturated rings. The Balaban J connectivity index is 1.46. The summed E-state index contributed by atoms with van der Waals surface area (Å²) in [5.41, 5.74) is 0.938. The van der Waals surface area contributed by atoms with Crippen molar-refractivity contribution in [3.63, 3.8) is 0 Å². The fourth-order valence-electron chi connectivity index (χ4n) is 3.81. The Morgan fingerprint density at radius 3 is 2.43 bits per heavy atom. The van der Waals surface area contributed by atoms with E-state index in [0.717, 1.165) is 11.8 Å². The van der Waals surface area contributed by atoms with Gasteiger partial charge in [-0.05, 0) is 41.5 Å². The molecule has 37 heavy (non-hydrogen) atoms. The third-order valence-electron chi connectivity index (χ3n) is 5.57. The van der Waals surface area contributed by atoms with Crippen molar-refractivity contribution >= 4 is 5.91 Å². The molecule has 1 amide bonds. The molecule has 2 heterocycles. The molecule has 0 aliphatic heterocycles. The van der Waals surface area contributed by atoms with E-state index < -0.39 is 23.5 Å². The Morgan fingerprint density at radius 2 is 1.70 bits per heavy atom. The molecular formula is C27H24F4N4O2. The normalized spacial score (nSPS) is 11.6. The summed E-state index contributed by atoms with van der Waals surface area (Å²) < 4.78 is 59.5. The van der Waals surface area contributed by atoms with Crippen LogP contribution in [-0.4, -0.2) is 27.3 Å². The number of amides is 1. The fourth-order valence-corrected chi connectivity index (χ4v) is 3.81. The van der Waals surface area contributed by atoms with Crippen LogP contribution in [0.1, 0.15) is 38.8 Å². The van der Waals surface area contributed by atoms with Gasteiger partial charge in [-0.15, -0.1) is 0 Å². The number of benzene rings is 2. The van der Waals surface area contributed by atoms with Crippen LogP contribution in [-0.2, 0) is 32.2 Å². The molecule has 0 bridgehead atoms. The molecular weight excluding hydrogens is 488 g/mol. The first-order chi connectivity index (χ1) is 17.8. The van der Waals surface area contributed by atoms with E-state index in [4.69, 9.17) is 4.42 Å². The highest BCUT2D eigenvalue weighted by molar-refractivity contribution is 5.91. The second-order valence-electron chi connectivity index (χ2n) is 8.38. The number of nitrogens with one attached hydrogen (secondary N) is 1. The van der Waals surface area contributed by atoms with Gasteiger partial charge in [0.2, 0.25) is 5.89 Å². The third kappa shape index (κ3) is 7.47. The Hall–Kier alpha value is -4.05. The molecule has 0 saturated carbocycles. The van der Waals surface area contributed by atoms with Gasteiger partial charge in [0.15, 0.2) is 5.69 Å². The van der Waals surface area contributed by atoms with Crippen molar-refractivity contribution in [2.45, 2.75) is 32.2 Å². The highest BCUT2D eigenvalue weighted by Gasteiger charge is 2.33. The smallest absolute Gasteiger partial charge is 0.416 e. The van der Waals surface area contributed by atoms with Crippen LogP contribution < -0.4 is 5.32 Å². The average molecular weight is 513 g/mol. The van der Waals surface area contributed by atoms with Crippen molar-refractivity contribution in [3.8, 4) is 0 Å². The summed E-state index contributed by atoms with van der Waals surface area (Å²) in [5, 5.41) is 2.75. The third-order valence-corrected chi connectivity index (χ3v) is 5.57. The van der Waals surface area contributed by atoms with Gasteiger partial charge >= 0.3 is 6.18 Å². The first-order valence-electron chi connectivity index (χ1n) is 11.5. The summed E-state index contributed by atoms with van der Waals surface area (Å²) in [5.74, 6) is -0.677. The number of alkyl halides is 3. The Morgan fingerprint density at radius 1 is 0.946 bits per heavy atom. The predicted molar refractivity (Wildman–Crippen MR) is 128 cm³/mol. The van der Waals surface area contributed by atoms with Crippen LogP contribution in [0.5, 0.6) is 0 Å². The minimum absolute atomic E-state index is 0.0325. The Kier molecular flexibility index (Phi) is 8.29. The van der Waals surface area contributed by atoms with E-state index >= 15 is 0 Å². The van der Waals surface area contributed by atoms with E-state index in [2.05, 4.69) is 15.3 Å². The number of pyridine rings is 1. The molecule has 0 atom stereocenters. The zero-order valence-corrected chi connectivity index (χ0v) is 19.7. The molecule has 10 heteroatoms. The molecule has 0 saturated heterocycles. The maximum Gasteiger partial charge on any atom is 0.416 e. The molecule has 2 aromatic heterocycles. The molecule has 0 radical (unpaired) electrons. The number of halogens is 4. The molecule has 0 unspecified atom stereocenters.